The summed E-state index contributed by atoms with van der Waals surface area (Å²) in [6, 6.07) is 4.71. The Hall–Kier alpha value is -0.930. The van der Waals surface area contributed by atoms with Gasteiger partial charge in [0.15, 0.2) is 0 Å². The number of pyridine rings is 1. The third-order valence-corrected chi connectivity index (χ3v) is 5.53. The van der Waals surface area contributed by atoms with Crippen LogP contribution >= 0.6 is 0 Å². The average Bonchev–Trinajstić information content (AvgIpc) is 2.97. The predicted molar refractivity (Wildman–Crippen MR) is 82.1 cm³/mol. The molecule has 1 aromatic rings. The zero-order chi connectivity index (χ0) is 13.9. The fourth-order valence-corrected chi connectivity index (χ4v) is 4.39. The molecule has 110 valence electrons. The Morgan fingerprint density at radius 3 is 3.05 bits per heavy atom. The molecule has 0 aliphatic heterocycles. The van der Waals surface area contributed by atoms with Crippen molar-refractivity contribution in [2.24, 2.45) is 17.7 Å². The summed E-state index contributed by atoms with van der Waals surface area (Å²) in [5.74, 6) is 8.08. The van der Waals surface area contributed by atoms with Crippen molar-refractivity contribution in [1.82, 2.24) is 10.4 Å². The van der Waals surface area contributed by atoms with Crippen molar-refractivity contribution in [1.29, 1.82) is 0 Å². The zero-order valence-electron chi connectivity index (χ0n) is 12.5. The molecular formula is C17H27N3. The lowest BCUT2D eigenvalue weighted by atomic mass is 9.77. The first-order valence-corrected chi connectivity index (χ1v) is 8.23. The third-order valence-electron chi connectivity index (χ3n) is 5.53. The van der Waals surface area contributed by atoms with Gasteiger partial charge in [0.25, 0.3) is 0 Å². The number of hydrogen-bond donors (Lipinski definition) is 2. The van der Waals surface area contributed by atoms with Gasteiger partial charge in [0.2, 0.25) is 0 Å². The van der Waals surface area contributed by atoms with Gasteiger partial charge in [0.05, 0.1) is 0 Å². The molecule has 20 heavy (non-hydrogen) atoms. The number of aromatic nitrogens is 1. The van der Waals surface area contributed by atoms with Crippen molar-refractivity contribution < 1.29 is 0 Å². The lowest BCUT2D eigenvalue weighted by Crippen LogP contribution is -2.45. The second-order valence-corrected chi connectivity index (χ2v) is 6.59. The Balaban J connectivity index is 1.80. The summed E-state index contributed by atoms with van der Waals surface area (Å²) in [5.41, 5.74) is 5.91. The van der Waals surface area contributed by atoms with E-state index in [0.29, 0.717) is 12.0 Å². The fraction of sp³-hybridized carbons (Fsp3) is 0.706. The number of aryl methyl sites for hydroxylation is 1. The van der Waals surface area contributed by atoms with Crippen molar-refractivity contribution in [3.8, 4) is 0 Å². The number of hydrazine groups is 1. The molecule has 0 amide bonds. The molecule has 2 aliphatic rings. The van der Waals surface area contributed by atoms with E-state index in [2.05, 4.69) is 29.5 Å². The van der Waals surface area contributed by atoms with E-state index in [1.54, 1.807) is 0 Å². The van der Waals surface area contributed by atoms with Crippen LogP contribution in [0.2, 0.25) is 0 Å². The smallest absolute Gasteiger partial charge is 0.0482 e. The first-order chi connectivity index (χ1) is 9.83. The van der Waals surface area contributed by atoms with Gasteiger partial charge < -0.3 is 0 Å². The molecule has 1 aromatic heterocycles. The van der Waals surface area contributed by atoms with Crippen molar-refractivity contribution in [2.75, 3.05) is 0 Å². The van der Waals surface area contributed by atoms with E-state index in [0.717, 1.165) is 11.8 Å². The maximum atomic E-state index is 5.95. The number of nitrogens with one attached hydrogen (secondary N) is 1. The van der Waals surface area contributed by atoms with E-state index in [-0.39, 0.29) is 0 Å². The first kappa shape index (κ1) is 14.0. The minimum atomic E-state index is 0.403. The molecule has 4 atom stereocenters. The summed E-state index contributed by atoms with van der Waals surface area (Å²) >= 11 is 0. The van der Waals surface area contributed by atoms with Crippen LogP contribution in [-0.2, 0) is 6.42 Å². The molecule has 3 rings (SSSR count). The predicted octanol–water partition coefficient (Wildman–Crippen LogP) is 3.16. The molecular weight excluding hydrogens is 246 g/mol. The standard InChI is InChI=1S/C17H27N3/c1-2-12-8-9-14(11-12)17(20-18)15-7-3-5-13-6-4-10-19-16(13)15/h4,6,10,12,14-15,17,20H,2-3,5,7-9,11,18H2,1H3. The highest BCUT2D eigenvalue weighted by Gasteiger charge is 2.37. The van der Waals surface area contributed by atoms with Gasteiger partial charge >= 0.3 is 0 Å². The van der Waals surface area contributed by atoms with Crippen LogP contribution < -0.4 is 11.3 Å². The summed E-state index contributed by atoms with van der Waals surface area (Å²) in [5, 5.41) is 0. The molecule has 0 radical (unpaired) electrons. The van der Waals surface area contributed by atoms with Gasteiger partial charge in [-0.1, -0.05) is 25.8 Å². The molecule has 3 heteroatoms. The Bertz CT molecular complexity index is 446. The van der Waals surface area contributed by atoms with Gasteiger partial charge in [-0.3, -0.25) is 16.3 Å². The van der Waals surface area contributed by atoms with Crippen LogP contribution in [0, 0.1) is 11.8 Å². The molecule has 3 nitrogen and oxygen atoms in total. The minimum Gasteiger partial charge on any atom is -0.271 e. The van der Waals surface area contributed by atoms with Gasteiger partial charge in [0.1, 0.15) is 0 Å². The highest BCUT2D eigenvalue weighted by atomic mass is 15.2. The van der Waals surface area contributed by atoms with E-state index >= 15 is 0 Å². The van der Waals surface area contributed by atoms with Crippen LogP contribution in [0.4, 0.5) is 0 Å². The molecule has 1 heterocycles. The molecule has 0 aromatic carbocycles. The lowest BCUT2D eigenvalue weighted by Gasteiger charge is -2.34. The maximum absolute atomic E-state index is 5.95. The summed E-state index contributed by atoms with van der Waals surface area (Å²) < 4.78 is 0. The Morgan fingerprint density at radius 1 is 1.40 bits per heavy atom. The third kappa shape index (κ3) is 2.61. The van der Waals surface area contributed by atoms with Crippen LogP contribution in [-0.4, -0.2) is 11.0 Å². The Morgan fingerprint density at radius 2 is 2.30 bits per heavy atom. The number of nitrogens with two attached hydrogens (primary N) is 1. The summed E-state index contributed by atoms with van der Waals surface area (Å²) in [6.45, 7) is 2.31. The van der Waals surface area contributed by atoms with Crippen molar-refractivity contribution in [3.05, 3.63) is 29.6 Å². The second kappa shape index (κ2) is 6.23. The van der Waals surface area contributed by atoms with E-state index in [4.69, 9.17) is 5.84 Å². The molecule has 1 saturated carbocycles. The van der Waals surface area contributed by atoms with Gasteiger partial charge in [0, 0.05) is 23.9 Å². The average molecular weight is 273 g/mol. The van der Waals surface area contributed by atoms with Crippen molar-refractivity contribution in [3.63, 3.8) is 0 Å². The minimum absolute atomic E-state index is 0.403. The number of hydrogen-bond acceptors (Lipinski definition) is 3. The van der Waals surface area contributed by atoms with Crippen LogP contribution in [0.3, 0.4) is 0 Å². The second-order valence-electron chi connectivity index (χ2n) is 6.59. The number of rotatable bonds is 4. The lowest BCUT2D eigenvalue weighted by molar-refractivity contribution is 0.281. The summed E-state index contributed by atoms with van der Waals surface area (Å²) in [6.07, 6.45) is 11.0. The van der Waals surface area contributed by atoms with Gasteiger partial charge in [-0.15, -0.1) is 0 Å². The van der Waals surface area contributed by atoms with E-state index < -0.39 is 0 Å². The molecule has 1 fully saturated rings. The normalized spacial score (nSPS) is 31.0. The highest BCUT2D eigenvalue weighted by Crippen LogP contribution is 2.42. The molecule has 0 bridgehead atoms. The molecule has 0 spiro atoms. The van der Waals surface area contributed by atoms with Crippen LogP contribution in [0.5, 0.6) is 0 Å². The number of fused-ring (bicyclic) bond motifs is 1. The number of nitrogens with zero attached hydrogens (tertiary/aromatic N) is 1. The van der Waals surface area contributed by atoms with Crippen molar-refractivity contribution >= 4 is 0 Å². The molecule has 4 unspecified atom stereocenters. The van der Waals surface area contributed by atoms with E-state index in [9.17, 15) is 0 Å². The zero-order valence-corrected chi connectivity index (χ0v) is 12.5. The quantitative estimate of drug-likeness (QED) is 0.654. The van der Waals surface area contributed by atoms with Gasteiger partial charge in [-0.05, 0) is 55.6 Å². The van der Waals surface area contributed by atoms with Gasteiger partial charge in [-0.2, -0.15) is 0 Å². The fourth-order valence-electron chi connectivity index (χ4n) is 4.39. The van der Waals surface area contributed by atoms with E-state index in [1.165, 1.54) is 56.2 Å². The molecule has 2 aliphatic carbocycles. The Labute approximate surface area is 122 Å². The summed E-state index contributed by atoms with van der Waals surface area (Å²) in [4.78, 5) is 4.68. The molecule has 3 N–H and O–H groups in total. The first-order valence-electron chi connectivity index (χ1n) is 8.23. The van der Waals surface area contributed by atoms with Crippen LogP contribution in [0.25, 0.3) is 0 Å². The van der Waals surface area contributed by atoms with Crippen molar-refractivity contribution in [2.45, 2.75) is 63.8 Å². The molecule has 0 saturated heterocycles. The summed E-state index contributed by atoms with van der Waals surface area (Å²) in [7, 11) is 0. The largest absolute Gasteiger partial charge is 0.271 e. The van der Waals surface area contributed by atoms with Gasteiger partial charge in [-0.25, -0.2) is 0 Å². The van der Waals surface area contributed by atoms with E-state index in [1.807, 2.05) is 6.20 Å². The monoisotopic (exact) mass is 273 g/mol. The SMILES string of the molecule is CCC1CCC(C(NN)C2CCCc3cccnc32)C1. The van der Waals surface area contributed by atoms with Crippen LogP contribution in [0.15, 0.2) is 18.3 Å². The highest BCUT2D eigenvalue weighted by molar-refractivity contribution is 5.27. The van der Waals surface area contributed by atoms with Crippen LogP contribution in [0.1, 0.15) is 62.6 Å². The topological polar surface area (TPSA) is 50.9 Å². The maximum Gasteiger partial charge on any atom is 0.0482 e. The Kier molecular flexibility index (Phi) is 4.37.